The van der Waals surface area contributed by atoms with Crippen LogP contribution in [0.15, 0.2) is 33.1 Å². The van der Waals surface area contributed by atoms with Gasteiger partial charge in [-0.15, -0.1) is 0 Å². The van der Waals surface area contributed by atoms with Gasteiger partial charge in [-0.1, -0.05) is 23.4 Å². The summed E-state index contributed by atoms with van der Waals surface area (Å²) < 4.78 is 6.02. The van der Waals surface area contributed by atoms with E-state index in [9.17, 15) is 4.79 Å². The average molecular weight is 369 g/mol. The first-order valence-electron chi connectivity index (χ1n) is 7.60. The lowest BCUT2D eigenvalue weighted by Crippen LogP contribution is -2.16. The molecule has 0 amide bonds. The van der Waals surface area contributed by atoms with E-state index in [1.807, 2.05) is 32.2 Å². The number of thioether (sulfide) groups is 1. The van der Waals surface area contributed by atoms with E-state index in [1.54, 1.807) is 10.5 Å². The van der Waals surface area contributed by atoms with E-state index in [0.29, 0.717) is 16.3 Å². The third kappa shape index (κ3) is 2.49. The van der Waals surface area contributed by atoms with Gasteiger partial charge in [0.2, 0.25) is 4.96 Å². The minimum Gasteiger partial charge on any atom is -0.384 e. The normalized spacial score (nSPS) is 15.0. The van der Waals surface area contributed by atoms with Gasteiger partial charge in [-0.05, 0) is 38.3 Å². The summed E-state index contributed by atoms with van der Waals surface area (Å²) in [5.41, 5.74) is 11.1. The lowest BCUT2D eigenvalue weighted by Gasteiger charge is -2.07. The zero-order chi connectivity index (χ0) is 17.7. The molecule has 3 aromatic rings. The number of allylic oxidation sites excluding steroid dienone is 1. The molecule has 2 aromatic heterocycles. The summed E-state index contributed by atoms with van der Waals surface area (Å²) in [6.45, 7) is 3.96. The smallest absolute Gasteiger partial charge is 0.283 e. The lowest BCUT2D eigenvalue weighted by atomic mass is 9.99. The molecule has 0 aliphatic carbocycles. The van der Waals surface area contributed by atoms with Crippen LogP contribution in [0.5, 0.6) is 0 Å². The highest BCUT2D eigenvalue weighted by atomic mass is 32.2. The minimum absolute atomic E-state index is 0.352. The van der Waals surface area contributed by atoms with Crippen molar-refractivity contribution in [2.45, 2.75) is 19.0 Å². The zero-order valence-electron chi connectivity index (χ0n) is 13.9. The number of rotatable bonds is 2. The fourth-order valence-corrected chi connectivity index (χ4v) is 4.35. The van der Waals surface area contributed by atoms with E-state index in [2.05, 4.69) is 20.4 Å². The molecule has 0 unspecified atom stereocenters. The summed E-state index contributed by atoms with van der Waals surface area (Å²) in [6, 6.07) is 6.08. The number of benzene rings is 1. The predicted molar refractivity (Wildman–Crippen MR) is 105 cm³/mol. The molecule has 1 aliphatic heterocycles. The standard InChI is InChI=1S/C17H15N5OS2/c1-8-4-5-13-11(6-8)10(9(2)19-13)7-12-14(18)22-16(20-15(12)23)25-21-17(22)24-3/h4-7H,18H2,1-3H3. The number of hydrogen-bond donors (Lipinski definition) is 1. The summed E-state index contributed by atoms with van der Waals surface area (Å²) in [7, 11) is 0. The van der Waals surface area contributed by atoms with Crippen molar-refractivity contribution < 1.29 is 0 Å². The molecular weight excluding hydrogens is 354 g/mol. The van der Waals surface area contributed by atoms with Crippen LogP contribution in [0.3, 0.4) is 0 Å². The number of anilines is 1. The maximum atomic E-state index is 12.5. The van der Waals surface area contributed by atoms with Gasteiger partial charge in [0.05, 0.1) is 11.3 Å². The number of aliphatic imine (C=N–C) groups is 1. The van der Waals surface area contributed by atoms with Crippen LogP contribution in [0.4, 0.5) is 11.5 Å². The first-order valence-corrected chi connectivity index (χ1v) is 9.59. The summed E-state index contributed by atoms with van der Waals surface area (Å²) in [6.07, 6.45) is 3.71. The Kier molecular flexibility index (Phi) is 3.73. The second-order valence-electron chi connectivity index (χ2n) is 5.78. The molecule has 0 saturated carbocycles. The second-order valence-corrected chi connectivity index (χ2v) is 7.28. The van der Waals surface area contributed by atoms with Gasteiger partial charge in [0.25, 0.3) is 5.56 Å². The number of fused-ring (bicyclic) bond motifs is 2. The van der Waals surface area contributed by atoms with Gasteiger partial charge >= 0.3 is 0 Å². The topological polar surface area (TPSA) is 85.6 Å². The third-order valence-corrected chi connectivity index (χ3v) is 5.58. The van der Waals surface area contributed by atoms with Gasteiger partial charge in [0, 0.05) is 28.4 Å². The molecule has 1 aliphatic rings. The van der Waals surface area contributed by atoms with Crippen molar-refractivity contribution in [1.29, 1.82) is 0 Å². The number of nitrogens with two attached hydrogens (primary N) is 1. The second kappa shape index (κ2) is 5.82. The number of hydrogen-bond acceptors (Lipinski definition) is 7. The van der Waals surface area contributed by atoms with Crippen molar-refractivity contribution in [3.05, 3.63) is 45.2 Å². The molecule has 0 spiro atoms. The molecule has 25 heavy (non-hydrogen) atoms. The van der Waals surface area contributed by atoms with Crippen LogP contribution in [0.1, 0.15) is 23.6 Å². The molecule has 1 aromatic carbocycles. The molecule has 0 saturated heterocycles. The Hall–Kier alpha value is -2.45. The highest BCUT2D eigenvalue weighted by Gasteiger charge is 2.20. The number of aromatic nitrogens is 3. The predicted octanol–water partition coefficient (Wildman–Crippen LogP) is 3.41. The van der Waals surface area contributed by atoms with Gasteiger partial charge in [0.15, 0.2) is 5.16 Å². The van der Waals surface area contributed by atoms with Gasteiger partial charge in [-0.2, -0.15) is 9.36 Å². The molecule has 4 rings (SSSR count). The summed E-state index contributed by atoms with van der Waals surface area (Å²) in [5, 5.41) is 0.720. The fourth-order valence-electron chi connectivity index (χ4n) is 2.89. The van der Waals surface area contributed by atoms with E-state index < -0.39 is 0 Å². The van der Waals surface area contributed by atoms with Crippen molar-refractivity contribution in [1.82, 2.24) is 13.8 Å². The molecule has 3 heterocycles. The summed E-state index contributed by atoms with van der Waals surface area (Å²) in [4.78, 5) is 21.7. The highest BCUT2D eigenvalue weighted by molar-refractivity contribution is 7.98. The van der Waals surface area contributed by atoms with Crippen LogP contribution < -0.4 is 11.3 Å². The molecule has 6 nitrogen and oxygen atoms in total. The highest BCUT2D eigenvalue weighted by Crippen LogP contribution is 2.36. The maximum absolute atomic E-state index is 12.5. The van der Waals surface area contributed by atoms with Crippen molar-refractivity contribution >= 4 is 57.1 Å². The first-order chi connectivity index (χ1) is 12.0. The summed E-state index contributed by atoms with van der Waals surface area (Å²) in [5.74, 6) is 0.356. The SMILES string of the molecule is CSc1nsc2nc(=O)c(C=C3C(C)=Nc4ccc(C)cc43)c(N)n12. The summed E-state index contributed by atoms with van der Waals surface area (Å²) >= 11 is 2.63. The Morgan fingerprint density at radius 1 is 1.32 bits per heavy atom. The third-order valence-electron chi connectivity index (χ3n) is 4.12. The molecule has 0 bridgehead atoms. The lowest BCUT2D eigenvalue weighted by molar-refractivity contribution is 0.953. The minimum atomic E-state index is -0.352. The quantitative estimate of drug-likeness (QED) is 0.700. The van der Waals surface area contributed by atoms with Gasteiger partial charge in [0.1, 0.15) is 5.82 Å². The first kappa shape index (κ1) is 16.0. The van der Waals surface area contributed by atoms with E-state index in [0.717, 1.165) is 33.3 Å². The Morgan fingerprint density at radius 2 is 2.12 bits per heavy atom. The number of nitrogens with zero attached hydrogens (tertiary/aromatic N) is 4. The van der Waals surface area contributed by atoms with Crippen LogP contribution >= 0.6 is 23.3 Å². The van der Waals surface area contributed by atoms with Gasteiger partial charge < -0.3 is 5.73 Å². The van der Waals surface area contributed by atoms with Crippen LogP contribution in [0, 0.1) is 6.92 Å². The van der Waals surface area contributed by atoms with Crippen molar-refractivity contribution in [2.75, 3.05) is 12.0 Å². The molecule has 0 atom stereocenters. The van der Waals surface area contributed by atoms with E-state index in [-0.39, 0.29) is 5.56 Å². The Morgan fingerprint density at radius 3 is 2.88 bits per heavy atom. The average Bonchev–Trinajstić information content (AvgIpc) is 3.12. The Labute approximate surface area is 152 Å². The molecule has 2 N–H and O–H groups in total. The van der Waals surface area contributed by atoms with Crippen LogP contribution in [0.25, 0.3) is 16.6 Å². The van der Waals surface area contributed by atoms with Gasteiger partial charge in [-0.3, -0.25) is 9.79 Å². The Balaban J connectivity index is 1.98. The molecule has 126 valence electrons. The van der Waals surface area contributed by atoms with E-state index >= 15 is 0 Å². The molecule has 0 radical (unpaired) electrons. The number of nitrogen functional groups attached to an aromatic ring is 1. The maximum Gasteiger partial charge on any atom is 0.283 e. The van der Waals surface area contributed by atoms with E-state index in [4.69, 9.17) is 5.73 Å². The Bertz CT molecular complexity index is 1140. The van der Waals surface area contributed by atoms with Crippen molar-refractivity contribution in [3.63, 3.8) is 0 Å². The van der Waals surface area contributed by atoms with Crippen LogP contribution in [-0.2, 0) is 0 Å². The molecule has 0 fully saturated rings. The largest absolute Gasteiger partial charge is 0.384 e. The van der Waals surface area contributed by atoms with Crippen LogP contribution in [-0.4, -0.2) is 25.7 Å². The van der Waals surface area contributed by atoms with Crippen molar-refractivity contribution in [3.8, 4) is 0 Å². The van der Waals surface area contributed by atoms with Crippen molar-refractivity contribution in [2.24, 2.45) is 4.99 Å². The molecule has 8 heteroatoms. The van der Waals surface area contributed by atoms with E-state index in [1.165, 1.54) is 23.3 Å². The number of aryl methyl sites for hydroxylation is 1. The van der Waals surface area contributed by atoms with Crippen LogP contribution in [0.2, 0.25) is 0 Å². The van der Waals surface area contributed by atoms with Gasteiger partial charge in [-0.25, -0.2) is 4.40 Å². The zero-order valence-corrected chi connectivity index (χ0v) is 15.5. The fraction of sp³-hybridized carbons (Fsp3) is 0.176. The monoisotopic (exact) mass is 369 g/mol. The molecular formula is C17H15N5OS2.